The van der Waals surface area contributed by atoms with Crippen LogP contribution in [0.25, 0.3) is 0 Å². The van der Waals surface area contributed by atoms with Crippen molar-refractivity contribution in [2.24, 2.45) is 5.73 Å². The van der Waals surface area contributed by atoms with Crippen molar-refractivity contribution in [3.05, 3.63) is 64.7 Å². The summed E-state index contributed by atoms with van der Waals surface area (Å²) in [6.07, 6.45) is 0. The van der Waals surface area contributed by atoms with Crippen molar-refractivity contribution in [3.63, 3.8) is 0 Å². The topological polar surface area (TPSA) is 29.3 Å². The Morgan fingerprint density at radius 1 is 1.19 bits per heavy atom. The summed E-state index contributed by atoms with van der Waals surface area (Å²) in [6.45, 7) is 2.63. The van der Waals surface area contributed by atoms with E-state index in [1.165, 1.54) is 18.2 Å². The van der Waals surface area contributed by atoms with Gasteiger partial charge in [-0.15, -0.1) is 0 Å². The lowest BCUT2D eigenvalue weighted by Gasteiger charge is -2.33. The Bertz CT molecular complexity index is 599. The van der Waals surface area contributed by atoms with Gasteiger partial charge in [0.1, 0.15) is 11.6 Å². The van der Waals surface area contributed by atoms with E-state index in [1.54, 1.807) is 24.3 Å². The minimum atomic E-state index is -0.453. The van der Waals surface area contributed by atoms with Gasteiger partial charge in [-0.1, -0.05) is 23.7 Å². The van der Waals surface area contributed by atoms with Gasteiger partial charge in [-0.2, -0.15) is 0 Å². The first-order valence-corrected chi connectivity index (χ1v) is 7.12. The SMILES string of the molecule is CCN(c1cccc(F)c1)C(CN)c1c(F)cccc1Cl. The quantitative estimate of drug-likeness (QED) is 0.899. The van der Waals surface area contributed by atoms with E-state index in [2.05, 4.69) is 0 Å². The molecule has 0 spiro atoms. The molecule has 0 radical (unpaired) electrons. The van der Waals surface area contributed by atoms with Crippen LogP contribution in [0.5, 0.6) is 0 Å². The summed E-state index contributed by atoms with van der Waals surface area (Å²) in [4.78, 5) is 1.84. The van der Waals surface area contributed by atoms with Crippen LogP contribution < -0.4 is 10.6 Å². The van der Waals surface area contributed by atoms with Gasteiger partial charge in [-0.25, -0.2) is 8.78 Å². The van der Waals surface area contributed by atoms with Crippen molar-refractivity contribution < 1.29 is 8.78 Å². The lowest BCUT2D eigenvalue weighted by atomic mass is 10.0. The van der Waals surface area contributed by atoms with Gasteiger partial charge in [0.2, 0.25) is 0 Å². The van der Waals surface area contributed by atoms with Gasteiger partial charge in [0.15, 0.2) is 0 Å². The van der Waals surface area contributed by atoms with Crippen LogP contribution >= 0.6 is 11.6 Å². The lowest BCUT2D eigenvalue weighted by molar-refractivity contribution is 0.561. The highest BCUT2D eigenvalue weighted by molar-refractivity contribution is 6.31. The average molecular weight is 311 g/mol. The van der Waals surface area contributed by atoms with Crippen LogP contribution in [0.3, 0.4) is 0 Å². The Kier molecular flexibility index (Phi) is 5.15. The Balaban J connectivity index is 2.48. The predicted octanol–water partition coefficient (Wildman–Crippen LogP) is 4.14. The third-order valence-electron chi connectivity index (χ3n) is 3.41. The minimum absolute atomic E-state index is 0.172. The fourth-order valence-corrected chi connectivity index (χ4v) is 2.76. The Labute approximate surface area is 128 Å². The second-order valence-corrected chi connectivity index (χ2v) is 5.06. The third-order valence-corrected chi connectivity index (χ3v) is 3.74. The molecular formula is C16H17ClF2N2. The summed E-state index contributed by atoms with van der Waals surface area (Å²) >= 11 is 6.13. The highest BCUT2D eigenvalue weighted by Gasteiger charge is 2.24. The van der Waals surface area contributed by atoms with E-state index in [-0.39, 0.29) is 12.4 Å². The van der Waals surface area contributed by atoms with Crippen LogP contribution in [0.2, 0.25) is 5.02 Å². The summed E-state index contributed by atoms with van der Waals surface area (Å²) in [5.41, 5.74) is 6.82. The molecule has 2 aromatic carbocycles. The van der Waals surface area contributed by atoms with E-state index in [0.29, 0.717) is 22.8 Å². The highest BCUT2D eigenvalue weighted by atomic mass is 35.5. The number of halogens is 3. The maximum absolute atomic E-state index is 14.1. The zero-order chi connectivity index (χ0) is 15.4. The molecule has 21 heavy (non-hydrogen) atoms. The Morgan fingerprint density at radius 2 is 1.90 bits per heavy atom. The summed E-state index contributed by atoms with van der Waals surface area (Å²) in [6, 6.07) is 10.2. The summed E-state index contributed by atoms with van der Waals surface area (Å²) < 4.78 is 27.6. The Hall–Kier alpha value is -1.65. The monoisotopic (exact) mass is 310 g/mol. The number of hydrogen-bond acceptors (Lipinski definition) is 2. The summed E-state index contributed by atoms with van der Waals surface area (Å²) in [5.74, 6) is -0.755. The molecule has 1 unspecified atom stereocenters. The molecule has 0 aliphatic heterocycles. The van der Waals surface area contributed by atoms with Gasteiger partial charge in [0.05, 0.1) is 6.04 Å². The lowest BCUT2D eigenvalue weighted by Crippen LogP contribution is -2.34. The first-order valence-electron chi connectivity index (χ1n) is 6.74. The molecule has 0 saturated heterocycles. The zero-order valence-corrected chi connectivity index (χ0v) is 12.4. The van der Waals surface area contributed by atoms with E-state index in [0.717, 1.165) is 0 Å². The van der Waals surface area contributed by atoms with Gasteiger partial charge in [-0.05, 0) is 37.3 Å². The number of nitrogens with zero attached hydrogens (tertiary/aromatic N) is 1. The van der Waals surface area contributed by atoms with Crippen molar-refractivity contribution in [3.8, 4) is 0 Å². The molecule has 0 fully saturated rings. The standard InChI is InChI=1S/C16H17ClF2N2/c1-2-21(12-6-3-5-11(18)9-12)15(10-20)16-13(17)7-4-8-14(16)19/h3-9,15H,2,10,20H2,1H3. The van der Waals surface area contributed by atoms with Crippen LogP contribution in [0, 0.1) is 11.6 Å². The minimum Gasteiger partial charge on any atom is -0.363 e. The second kappa shape index (κ2) is 6.87. The van der Waals surface area contributed by atoms with Crippen LogP contribution in [0.1, 0.15) is 18.5 Å². The van der Waals surface area contributed by atoms with Crippen molar-refractivity contribution in [2.75, 3.05) is 18.0 Å². The molecule has 0 aromatic heterocycles. The predicted molar refractivity (Wildman–Crippen MR) is 82.6 cm³/mol. The molecule has 112 valence electrons. The van der Waals surface area contributed by atoms with Gasteiger partial charge < -0.3 is 10.6 Å². The molecule has 2 rings (SSSR count). The number of likely N-dealkylation sites (N-methyl/N-ethyl adjacent to an activating group) is 1. The number of anilines is 1. The second-order valence-electron chi connectivity index (χ2n) is 4.65. The summed E-state index contributed by atoms with van der Waals surface area (Å²) in [7, 11) is 0. The van der Waals surface area contributed by atoms with E-state index in [1.807, 2.05) is 11.8 Å². The molecule has 0 heterocycles. The molecule has 0 amide bonds. The van der Waals surface area contributed by atoms with Crippen LogP contribution in [0.15, 0.2) is 42.5 Å². The molecule has 0 aliphatic rings. The first-order chi connectivity index (χ1) is 10.1. The molecular weight excluding hydrogens is 294 g/mol. The van der Waals surface area contributed by atoms with Gasteiger partial charge >= 0.3 is 0 Å². The molecule has 2 N–H and O–H groups in total. The largest absolute Gasteiger partial charge is 0.363 e. The van der Waals surface area contributed by atoms with Crippen LogP contribution in [0.4, 0.5) is 14.5 Å². The number of benzene rings is 2. The first kappa shape index (κ1) is 15.7. The molecule has 0 aliphatic carbocycles. The van der Waals surface area contributed by atoms with Gasteiger partial charge in [-0.3, -0.25) is 0 Å². The fourth-order valence-electron chi connectivity index (χ4n) is 2.47. The molecule has 2 nitrogen and oxygen atoms in total. The Morgan fingerprint density at radius 3 is 2.48 bits per heavy atom. The molecule has 0 bridgehead atoms. The van der Waals surface area contributed by atoms with Crippen molar-refractivity contribution in [2.45, 2.75) is 13.0 Å². The molecule has 5 heteroatoms. The zero-order valence-electron chi connectivity index (χ0n) is 11.7. The maximum Gasteiger partial charge on any atom is 0.130 e. The van der Waals surface area contributed by atoms with E-state index >= 15 is 0 Å². The number of nitrogens with two attached hydrogens (primary N) is 1. The van der Waals surface area contributed by atoms with Crippen molar-refractivity contribution in [1.82, 2.24) is 0 Å². The normalized spacial score (nSPS) is 12.2. The van der Waals surface area contributed by atoms with Crippen LogP contribution in [-0.2, 0) is 0 Å². The van der Waals surface area contributed by atoms with Gasteiger partial charge in [0, 0.05) is 29.4 Å². The third kappa shape index (κ3) is 3.34. The van der Waals surface area contributed by atoms with E-state index < -0.39 is 11.9 Å². The van der Waals surface area contributed by atoms with Crippen molar-refractivity contribution in [1.29, 1.82) is 0 Å². The number of hydrogen-bond donors (Lipinski definition) is 1. The molecule has 0 saturated carbocycles. The molecule has 1 atom stereocenters. The highest BCUT2D eigenvalue weighted by Crippen LogP contribution is 2.32. The maximum atomic E-state index is 14.1. The average Bonchev–Trinajstić information content (AvgIpc) is 2.46. The van der Waals surface area contributed by atoms with E-state index in [9.17, 15) is 8.78 Å². The van der Waals surface area contributed by atoms with Crippen molar-refractivity contribution >= 4 is 17.3 Å². The number of rotatable bonds is 5. The van der Waals surface area contributed by atoms with E-state index in [4.69, 9.17) is 17.3 Å². The fraction of sp³-hybridized carbons (Fsp3) is 0.250. The van der Waals surface area contributed by atoms with Gasteiger partial charge in [0.25, 0.3) is 0 Å². The smallest absolute Gasteiger partial charge is 0.130 e. The molecule has 2 aromatic rings. The summed E-state index contributed by atoms with van der Waals surface area (Å²) in [5, 5.41) is 0.320. The van der Waals surface area contributed by atoms with Crippen LogP contribution in [-0.4, -0.2) is 13.1 Å².